The van der Waals surface area contributed by atoms with E-state index in [1.807, 2.05) is 18.2 Å². The van der Waals surface area contributed by atoms with Gasteiger partial charge in [-0.15, -0.1) is 0 Å². The molecule has 1 aliphatic heterocycles. The molecule has 0 radical (unpaired) electrons. The van der Waals surface area contributed by atoms with Crippen LogP contribution in [0.2, 0.25) is 0 Å². The van der Waals surface area contributed by atoms with Gasteiger partial charge in [0.15, 0.2) is 5.82 Å². The zero-order valence-electron chi connectivity index (χ0n) is 10.8. The minimum absolute atomic E-state index is 0.688. The quantitative estimate of drug-likeness (QED) is 0.832. The maximum Gasteiger partial charge on any atom is 0.240 e. The van der Waals surface area contributed by atoms with E-state index in [0.29, 0.717) is 18.9 Å². The van der Waals surface area contributed by atoms with Gasteiger partial charge in [0.2, 0.25) is 5.89 Å². The predicted molar refractivity (Wildman–Crippen MR) is 69.6 cm³/mol. The molecule has 0 saturated carbocycles. The summed E-state index contributed by atoms with van der Waals surface area (Å²) >= 11 is 0. The van der Waals surface area contributed by atoms with Gasteiger partial charge in [0.05, 0.1) is 19.8 Å². The molecule has 1 fully saturated rings. The molecule has 100 valence electrons. The highest BCUT2D eigenvalue weighted by Crippen LogP contribution is 2.09. The van der Waals surface area contributed by atoms with Gasteiger partial charge in [-0.25, -0.2) is 0 Å². The SMILES string of the molecule is c1ccc(Cc2noc(CN3CCOCC3)n2)cc1. The molecule has 0 spiro atoms. The summed E-state index contributed by atoms with van der Waals surface area (Å²) < 4.78 is 10.6. The number of hydrogen-bond acceptors (Lipinski definition) is 5. The second-order valence-corrected chi connectivity index (χ2v) is 4.66. The Balaban J connectivity index is 1.59. The van der Waals surface area contributed by atoms with E-state index in [2.05, 4.69) is 27.2 Å². The van der Waals surface area contributed by atoms with E-state index in [1.165, 1.54) is 5.56 Å². The molecule has 0 bridgehead atoms. The minimum Gasteiger partial charge on any atom is -0.379 e. The molecule has 0 aliphatic carbocycles. The molecule has 19 heavy (non-hydrogen) atoms. The lowest BCUT2D eigenvalue weighted by Gasteiger charge is -2.24. The van der Waals surface area contributed by atoms with Crippen LogP contribution in [0.5, 0.6) is 0 Å². The van der Waals surface area contributed by atoms with Crippen molar-refractivity contribution in [3.8, 4) is 0 Å². The Hall–Kier alpha value is -1.72. The molecule has 0 amide bonds. The van der Waals surface area contributed by atoms with Crippen LogP contribution in [0.1, 0.15) is 17.3 Å². The summed E-state index contributed by atoms with van der Waals surface area (Å²) in [5.41, 5.74) is 1.20. The van der Waals surface area contributed by atoms with Gasteiger partial charge in [-0.05, 0) is 5.56 Å². The highest BCUT2D eigenvalue weighted by molar-refractivity contribution is 5.18. The Kier molecular flexibility index (Phi) is 3.86. The summed E-state index contributed by atoms with van der Waals surface area (Å²) in [4.78, 5) is 6.71. The number of rotatable bonds is 4. The normalized spacial score (nSPS) is 16.6. The van der Waals surface area contributed by atoms with Gasteiger partial charge in [0.25, 0.3) is 0 Å². The van der Waals surface area contributed by atoms with Crippen LogP contribution in [0, 0.1) is 0 Å². The zero-order chi connectivity index (χ0) is 12.9. The summed E-state index contributed by atoms with van der Waals surface area (Å²) in [6, 6.07) is 10.2. The van der Waals surface area contributed by atoms with Crippen LogP contribution >= 0.6 is 0 Å². The first-order chi connectivity index (χ1) is 9.40. The van der Waals surface area contributed by atoms with Crippen LogP contribution in [-0.2, 0) is 17.7 Å². The molecular weight excluding hydrogens is 242 g/mol. The van der Waals surface area contributed by atoms with Crippen molar-refractivity contribution in [2.75, 3.05) is 26.3 Å². The lowest BCUT2D eigenvalue weighted by Crippen LogP contribution is -2.35. The summed E-state index contributed by atoms with van der Waals surface area (Å²) in [7, 11) is 0. The third-order valence-electron chi connectivity index (χ3n) is 3.18. The molecule has 0 unspecified atom stereocenters. The fraction of sp³-hybridized carbons (Fsp3) is 0.429. The summed E-state index contributed by atoms with van der Waals surface area (Å²) in [6.07, 6.45) is 0.716. The molecule has 1 saturated heterocycles. The average Bonchev–Trinajstić information content (AvgIpc) is 2.88. The van der Waals surface area contributed by atoms with Gasteiger partial charge in [-0.3, -0.25) is 4.90 Å². The van der Waals surface area contributed by atoms with Crippen LogP contribution in [0.25, 0.3) is 0 Å². The van der Waals surface area contributed by atoms with Crippen molar-refractivity contribution in [1.82, 2.24) is 15.0 Å². The van der Waals surface area contributed by atoms with Gasteiger partial charge >= 0.3 is 0 Å². The first-order valence-electron chi connectivity index (χ1n) is 6.55. The number of aromatic nitrogens is 2. The molecule has 0 atom stereocenters. The Morgan fingerprint density at radius 1 is 1.11 bits per heavy atom. The highest BCUT2D eigenvalue weighted by atomic mass is 16.5. The fourth-order valence-electron chi connectivity index (χ4n) is 2.16. The van der Waals surface area contributed by atoms with Crippen LogP contribution in [0.15, 0.2) is 34.9 Å². The third-order valence-corrected chi connectivity index (χ3v) is 3.18. The summed E-state index contributed by atoms with van der Waals surface area (Å²) in [5.74, 6) is 1.43. The van der Waals surface area contributed by atoms with E-state index >= 15 is 0 Å². The van der Waals surface area contributed by atoms with Crippen molar-refractivity contribution < 1.29 is 9.26 Å². The van der Waals surface area contributed by atoms with Gasteiger partial charge in [-0.2, -0.15) is 4.98 Å². The van der Waals surface area contributed by atoms with Crippen molar-refractivity contribution >= 4 is 0 Å². The van der Waals surface area contributed by atoms with E-state index in [4.69, 9.17) is 9.26 Å². The smallest absolute Gasteiger partial charge is 0.240 e. The van der Waals surface area contributed by atoms with E-state index < -0.39 is 0 Å². The van der Waals surface area contributed by atoms with Gasteiger partial charge in [0.1, 0.15) is 0 Å². The fourth-order valence-corrected chi connectivity index (χ4v) is 2.16. The topological polar surface area (TPSA) is 51.4 Å². The number of benzene rings is 1. The lowest BCUT2D eigenvalue weighted by atomic mass is 10.1. The van der Waals surface area contributed by atoms with Crippen LogP contribution in [-0.4, -0.2) is 41.3 Å². The Morgan fingerprint density at radius 3 is 2.68 bits per heavy atom. The lowest BCUT2D eigenvalue weighted by molar-refractivity contribution is 0.0297. The van der Waals surface area contributed by atoms with Crippen molar-refractivity contribution in [2.45, 2.75) is 13.0 Å². The Labute approximate surface area is 112 Å². The second kappa shape index (κ2) is 5.95. The maximum atomic E-state index is 5.31. The van der Waals surface area contributed by atoms with Crippen molar-refractivity contribution in [3.05, 3.63) is 47.6 Å². The zero-order valence-corrected chi connectivity index (χ0v) is 10.8. The molecule has 5 nitrogen and oxygen atoms in total. The molecule has 2 heterocycles. The third kappa shape index (κ3) is 3.39. The Bertz CT molecular complexity index is 506. The Morgan fingerprint density at radius 2 is 1.89 bits per heavy atom. The predicted octanol–water partition coefficient (Wildman–Crippen LogP) is 1.49. The monoisotopic (exact) mass is 259 g/mol. The first kappa shape index (κ1) is 12.3. The van der Waals surface area contributed by atoms with Crippen molar-refractivity contribution in [1.29, 1.82) is 0 Å². The van der Waals surface area contributed by atoms with Gasteiger partial charge in [0, 0.05) is 19.5 Å². The van der Waals surface area contributed by atoms with E-state index in [9.17, 15) is 0 Å². The molecule has 1 aromatic carbocycles. The summed E-state index contributed by atoms with van der Waals surface area (Å²) in [6.45, 7) is 4.13. The second-order valence-electron chi connectivity index (χ2n) is 4.66. The molecule has 3 rings (SSSR count). The average molecular weight is 259 g/mol. The number of hydrogen-bond donors (Lipinski definition) is 0. The standard InChI is InChI=1S/C14H17N3O2/c1-2-4-12(5-3-1)10-13-15-14(19-16-13)11-17-6-8-18-9-7-17/h1-5H,6-11H2. The van der Waals surface area contributed by atoms with Gasteiger partial charge in [-0.1, -0.05) is 35.5 Å². The molecule has 2 aromatic rings. The molecule has 0 N–H and O–H groups in total. The van der Waals surface area contributed by atoms with E-state index in [0.717, 1.165) is 32.1 Å². The highest BCUT2D eigenvalue weighted by Gasteiger charge is 2.14. The van der Waals surface area contributed by atoms with Crippen LogP contribution < -0.4 is 0 Å². The molecule has 5 heteroatoms. The van der Waals surface area contributed by atoms with Gasteiger partial charge < -0.3 is 9.26 Å². The number of morpholine rings is 1. The van der Waals surface area contributed by atoms with Crippen molar-refractivity contribution in [3.63, 3.8) is 0 Å². The maximum absolute atomic E-state index is 5.31. The molecular formula is C14H17N3O2. The first-order valence-corrected chi connectivity index (χ1v) is 6.55. The van der Waals surface area contributed by atoms with Crippen LogP contribution in [0.4, 0.5) is 0 Å². The minimum atomic E-state index is 0.688. The number of nitrogens with zero attached hydrogens (tertiary/aromatic N) is 3. The molecule has 1 aliphatic rings. The van der Waals surface area contributed by atoms with E-state index in [-0.39, 0.29) is 0 Å². The number of ether oxygens (including phenoxy) is 1. The van der Waals surface area contributed by atoms with Crippen LogP contribution in [0.3, 0.4) is 0 Å². The molecule has 1 aromatic heterocycles. The largest absolute Gasteiger partial charge is 0.379 e. The summed E-state index contributed by atoms with van der Waals surface area (Å²) in [5, 5.41) is 4.03. The van der Waals surface area contributed by atoms with E-state index in [1.54, 1.807) is 0 Å². The van der Waals surface area contributed by atoms with Crippen molar-refractivity contribution in [2.24, 2.45) is 0 Å².